The molecule has 10 nitrogen and oxygen atoms in total. The summed E-state index contributed by atoms with van der Waals surface area (Å²) in [6.07, 6.45) is 3.94. The largest absolute Gasteiger partial charge is 0.497 e. The maximum atomic E-state index is 13.8. The lowest BCUT2D eigenvalue weighted by molar-refractivity contribution is -0.178. The van der Waals surface area contributed by atoms with Crippen LogP contribution >= 0.6 is 0 Å². The summed E-state index contributed by atoms with van der Waals surface area (Å²) in [5.41, 5.74) is -1.42. The van der Waals surface area contributed by atoms with E-state index in [-0.39, 0.29) is 26.6 Å². The Balaban J connectivity index is 0.00000370. The molecule has 0 radical (unpaired) electrons. The average Bonchev–Trinajstić information content (AvgIpc) is 3.56. The number of rotatable bonds is 9. The zero-order valence-electron chi connectivity index (χ0n) is 23.2. The van der Waals surface area contributed by atoms with Crippen LogP contribution in [0.15, 0.2) is 24.0 Å². The average molecular weight is 562 g/mol. The van der Waals surface area contributed by atoms with Crippen LogP contribution < -0.4 is 9.47 Å². The Morgan fingerprint density at radius 1 is 1.12 bits per heavy atom. The highest BCUT2D eigenvalue weighted by Gasteiger charge is 2.59. The molecule has 2 N–H and O–H groups in total. The maximum Gasteiger partial charge on any atom is 0.339 e. The van der Waals surface area contributed by atoms with Crippen LogP contribution in [0.25, 0.3) is 0 Å². The van der Waals surface area contributed by atoms with Crippen molar-refractivity contribution >= 4 is 11.9 Å². The van der Waals surface area contributed by atoms with Crippen molar-refractivity contribution in [3.8, 4) is 11.5 Å². The van der Waals surface area contributed by atoms with Gasteiger partial charge in [-0.2, -0.15) is 0 Å². The fraction of sp³-hybridized carbons (Fsp3) is 0.667. The van der Waals surface area contributed by atoms with E-state index in [4.69, 9.17) is 23.7 Å². The van der Waals surface area contributed by atoms with E-state index < -0.39 is 41.2 Å². The first-order valence-corrected chi connectivity index (χ1v) is 13.7. The minimum absolute atomic E-state index is 0. The number of carbonyl (C=O) groups is 2. The van der Waals surface area contributed by atoms with E-state index in [2.05, 4.69) is 11.0 Å². The highest BCUT2D eigenvalue weighted by Crippen LogP contribution is 2.55. The fourth-order valence-corrected chi connectivity index (χ4v) is 6.71. The van der Waals surface area contributed by atoms with Crippen molar-refractivity contribution in [2.24, 2.45) is 0 Å². The molecule has 4 atom stereocenters. The summed E-state index contributed by atoms with van der Waals surface area (Å²) in [5.74, 6) is -0.0645. The molecule has 4 aliphatic rings. The van der Waals surface area contributed by atoms with Gasteiger partial charge in [0.1, 0.15) is 5.76 Å². The molecule has 0 bridgehead atoms. The van der Waals surface area contributed by atoms with E-state index in [1.54, 1.807) is 21.0 Å². The van der Waals surface area contributed by atoms with Gasteiger partial charge < -0.3 is 33.9 Å². The minimum Gasteiger partial charge on any atom is -0.497 e. The first-order valence-electron chi connectivity index (χ1n) is 13.7. The first kappa shape index (κ1) is 30.1. The second-order valence-electron chi connectivity index (χ2n) is 11.7. The van der Waals surface area contributed by atoms with Gasteiger partial charge in [-0.3, -0.25) is 9.69 Å². The second-order valence-corrected chi connectivity index (χ2v) is 11.7. The molecule has 3 aliphatic heterocycles. The van der Waals surface area contributed by atoms with Crippen molar-refractivity contribution < 1.29 is 43.5 Å². The number of aliphatic hydroxyl groups is 2. The van der Waals surface area contributed by atoms with E-state index in [0.717, 1.165) is 43.5 Å². The summed E-state index contributed by atoms with van der Waals surface area (Å²) in [6.45, 7) is 5.21. The fourth-order valence-electron chi connectivity index (χ4n) is 6.71. The highest BCUT2D eigenvalue weighted by atomic mass is 16.7. The lowest BCUT2D eigenvalue weighted by Gasteiger charge is -2.39. The van der Waals surface area contributed by atoms with Gasteiger partial charge in [0.2, 0.25) is 6.79 Å². The molecule has 0 aromatic heterocycles. The molecule has 0 amide bonds. The van der Waals surface area contributed by atoms with Gasteiger partial charge >= 0.3 is 11.9 Å². The molecule has 0 saturated carbocycles. The van der Waals surface area contributed by atoms with E-state index in [0.29, 0.717) is 30.1 Å². The van der Waals surface area contributed by atoms with Crippen molar-refractivity contribution in [2.75, 3.05) is 34.1 Å². The molecule has 3 heterocycles. The molecule has 1 aromatic carbocycles. The summed E-state index contributed by atoms with van der Waals surface area (Å²) in [7, 11) is 2.76. The Morgan fingerprint density at radius 2 is 1.85 bits per heavy atom. The zero-order valence-corrected chi connectivity index (χ0v) is 23.2. The van der Waals surface area contributed by atoms with Gasteiger partial charge in [0.05, 0.1) is 37.7 Å². The molecule has 5 rings (SSSR count). The highest BCUT2D eigenvalue weighted by molar-refractivity contribution is 5.86. The number of fused-ring (bicyclic) bond motifs is 3. The smallest absolute Gasteiger partial charge is 0.339 e. The second kappa shape index (κ2) is 11.2. The van der Waals surface area contributed by atoms with Crippen LogP contribution in [-0.4, -0.2) is 84.0 Å². The van der Waals surface area contributed by atoms with Crippen molar-refractivity contribution in [3.05, 3.63) is 35.1 Å². The van der Waals surface area contributed by atoms with E-state index in [1.165, 1.54) is 7.11 Å². The van der Waals surface area contributed by atoms with Gasteiger partial charge in [-0.05, 0) is 88.3 Å². The summed E-state index contributed by atoms with van der Waals surface area (Å²) in [5, 5.41) is 21.6. The normalized spacial score (nSPS) is 26.3. The summed E-state index contributed by atoms with van der Waals surface area (Å²) in [4.78, 5) is 28.4. The van der Waals surface area contributed by atoms with Crippen LogP contribution in [0.1, 0.15) is 76.8 Å². The quantitative estimate of drug-likeness (QED) is 0.434. The summed E-state index contributed by atoms with van der Waals surface area (Å²) < 4.78 is 28.1. The maximum absolute atomic E-state index is 13.8. The van der Waals surface area contributed by atoms with Crippen LogP contribution in [0.3, 0.4) is 0 Å². The van der Waals surface area contributed by atoms with Gasteiger partial charge in [-0.15, -0.1) is 0 Å². The number of nitrogens with zero attached hydrogens (tertiary/aromatic N) is 1. The zero-order chi connectivity index (χ0) is 28.0. The van der Waals surface area contributed by atoms with Crippen molar-refractivity contribution in [3.63, 3.8) is 0 Å². The summed E-state index contributed by atoms with van der Waals surface area (Å²) >= 11 is 0. The van der Waals surface area contributed by atoms with Gasteiger partial charge in [-0.1, -0.05) is 7.43 Å². The number of benzene rings is 1. The third-order valence-corrected chi connectivity index (χ3v) is 8.62. The predicted octanol–water partition coefficient (Wildman–Crippen LogP) is 3.22. The molecule has 1 spiro atoms. The number of hydrogen-bond donors (Lipinski definition) is 2. The molecule has 40 heavy (non-hydrogen) atoms. The lowest BCUT2D eigenvalue weighted by Crippen LogP contribution is -2.49. The van der Waals surface area contributed by atoms with Crippen LogP contribution in [0.4, 0.5) is 0 Å². The van der Waals surface area contributed by atoms with E-state index >= 15 is 0 Å². The van der Waals surface area contributed by atoms with Crippen molar-refractivity contribution in [2.45, 2.75) is 95.0 Å². The Labute approximate surface area is 236 Å². The number of esters is 2. The Morgan fingerprint density at radius 3 is 2.52 bits per heavy atom. The van der Waals surface area contributed by atoms with E-state index in [1.807, 2.05) is 12.1 Å². The Hall–Kier alpha value is -2.82. The monoisotopic (exact) mass is 561 g/mol. The third-order valence-electron chi connectivity index (χ3n) is 8.62. The van der Waals surface area contributed by atoms with Crippen LogP contribution in [0.2, 0.25) is 0 Å². The first-order chi connectivity index (χ1) is 18.5. The number of hydrogen-bond acceptors (Lipinski definition) is 10. The number of ether oxygens (including phenoxy) is 5. The topological polar surface area (TPSA) is 124 Å². The van der Waals surface area contributed by atoms with Crippen molar-refractivity contribution in [1.82, 2.24) is 4.90 Å². The summed E-state index contributed by atoms with van der Waals surface area (Å²) in [6, 6.07) is 4.00. The van der Waals surface area contributed by atoms with Gasteiger partial charge in [0.25, 0.3) is 0 Å². The Bertz CT molecular complexity index is 1160. The molecule has 1 fully saturated rings. The van der Waals surface area contributed by atoms with Crippen LogP contribution in [-0.2, 0) is 30.2 Å². The van der Waals surface area contributed by atoms with Gasteiger partial charge in [0.15, 0.2) is 23.2 Å². The lowest BCUT2D eigenvalue weighted by atomic mass is 9.77. The van der Waals surface area contributed by atoms with Gasteiger partial charge in [-0.25, -0.2) is 4.79 Å². The molecule has 1 aliphatic carbocycles. The molecular formula is C30H43NO9. The van der Waals surface area contributed by atoms with E-state index in [9.17, 15) is 19.8 Å². The molecular weight excluding hydrogens is 518 g/mol. The van der Waals surface area contributed by atoms with Crippen molar-refractivity contribution in [1.29, 1.82) is 0 Å². The predicted molar refractivity (Wildman–Crippen MR) is 146 cm³/mol. The SMILES string of the molecule is C.COC(=O)C[C@](O)(CCCC(C)(C)O)C(=O)O[C@H]1C(OC)=C[C@]23CCCN2CCc2cc4c(cc2C13)OCO4. The van der Waals surface area contributed by atoms with Gasteiger partial charge in [0, 0.05) is 6.54 Å². The Kier molecular flexibility index (Phi) is 8.45. The molecule has 1 aromatic rings. The molecule has 1 saturated heterocycles. The molecule has 10 heteroatoms. The van der Waals surface area contributed by atoms with Crippen LogP contribution in [0, 0.1) is 0 Å². The number of carbonyl (C=O) groups excluding carboxylic acids is 2. The third kappa shape index (κ3) is 5.41. The number of methoxy groups -OCH3 is 2. The van der Waals surface area contributed by atoms with Crippen LogP contribution in [0.5, 0.6) is 11.5 Å². The minimum atomic E-state index is -2.12. The standard InChI is InChI=1S/C29H39NO9.CH4/c1-27(2,33)8-5-10-29(34,16-23(31)36-4)26(32)39-25-22(35-3)15-28-9-6-11-30(28)12-7-18-13-20-21(38-17-37-20)14-19(18)24(25)28;/h13-15,24-25,33-34H,5-12,16-17H2,1-4H3;1H4/t24?,25-,28-,29+;/m0./s1. The molecule has 1 unspecified atom stereocenters. The molecule has 222 valence electrons.